The Kier molecular flexibility index (Phi) is 9.93. The van der Waals surface area contributed by atoms with Crippen LogP contribution in [0, 0.1) is 5.82 Å². The fourth-order valence-corrected chi connectivity index (χ4v) is 5.04. The molecule has 216 valence electrons. The molecule has 9 nitrogen and oxygen atoms in total. The van der Waals surface area contributed by atoms with Crippen molar-refractivity contribution < 1.29 is 13.9 Å². The number of amides is 2. The van der Waals surface area contributed by atoms with E-state index in [1.54, 1.807) is 39.4 Å². The number of nitrogens with one attached hydrogen (secondary N) is 2. The average Bonchev–Trinajstić information content (AvgIpc) is 3.34. The van der Waals surface area contributed by atoms with Crippen LogP contribution in [0.1, 0.15) is 24.0 Å². The number of hydrogen-bond acceptors (Lipinski definition) is 6. The minimum absolute atomic E-state index is 0.167. The van der Waals surface area contributed by atoms with E-state index in [-0.39, 0.29) is 23.4 Å². The topological polar surface area (TPSA) is 114 Å². The Morgan fingerprint density at radius 3 is 2.61 bits per heavy atom. The van der Waals surface area contributed by atoms with Crippen molar-refractivity contribution in [2.45, 2.75) is 18.9 Å². The van der Waals surface area contributed by atoms with Crippen molar-refractivity contribution in [1.29, 1.82) is 0 Å². The number of halogens is 2. The molecule has 0 saturated carbocycles. The van der Waals surface area contributed by atoms with Gasteiger partial charge in [-0.05, 0) is 48.9 Å². The van der Waals surface area contributed by atoms with Gasteiger partial charge < -0.3 is 20.4 Å². The summed E-state index contributed by atoms with van der Waals surface area (Å²) in [4.78, 5) is 32.1. The van der Waals surface area contributed by atoms with Gasteiger partial charge in [0.25, 0.3) is 0 Å². The molecule has 0 aliphatic carbocycles. The summed E-state index contributed by atoms with van der Waals surface area (Å²) in [5.41, 5.74) is 9.13. The molecule has 2 heterocycles. The number of methoxy groups -OCH3 is 1. The maximum absolute atomic E-state index is 14.2. The summed E-state index contributed by atoms with van der Waals surface area (Å²) in [6.45, 7) is 4.07. The number of likely N-dealkylation sites (tertiary alicyclic amines) is 1. The molecule has 3 aromatic rings. The van der Waals surface area contributed by atoms with E-state index in [0.29, 0.717) is 59.3 Å². The lowest BCUT2D eigenvalue weighted by atomic mass is 9.94. The van der Waals surface area contributed by atoms with E-state index in [0.717, 1.165) is 0 Å². The molecule has 41 heavy (non-hydrogen) atoms. The van der Waals surface area contributed by atoms with Gasteiger partial charge in [0, 0.05) is 73.8 Å². The predicted molar refractivity (Wildman–Crippen MR) is 160 cm³/mol. The van der Waals surface area contributed by atoms with Crippen LogP contribution < -0.4 is 21.9 Å². The van der Waals surface area contributed by atoms with Crippen molar-refractivity contribution in [3.63, 3.8) is 0 Å². The Bertz CT molecular complexity index is 1490. The molecule has 0 bridgehead atoms. The molecule has 1 saturated heterocycles. The number of para-hydroxylation sites is 1. The number of aliphatic imine (C=N–C) groups is 1. The van der Waals surface area contributed by atoms with Gasteiger partial charge in [0.1, 0.15) is 11.7 Å². The first-order valence-corrected chi connectivity index (χ1v) is 13.5. The second-order valence-corrected chi connectivity index (χ2v) is 10.4. The standard InChI is InChI=1S/C30H34ClFN6O3/c1-19(28(33)20-9-10-27(39)37(2)16-20)29(34-24-7-5-4-6-8-24)36-30(40)35-26-18-38(11-12-41-3)17-25(26)21-13-22(31)15-23(32)14-21/h4-10,13-16,25-26H,11-12,17-18,33H2,1-3H3,(H2,34,35,36,40)/t25?,26-/m1/s1. The molecule has 0 spiro atoms. The van der Waals surface area contributed by atoms with Crippen molar-refractivity contribution in [3.8, 4) is 0 Å². The second kappa shape index (κ2) is 13.6. The highest BCUT2D eigenvalue weighted by Crippen LogP contribution is 2.30. The zero-order chi connectivity index (χ0) is 29.5. The van der Waals surface area contributed by atoms with Crippen LogP contribution in [0.2, 0.25) is 5.02 Å². The molecular weight excluding hydrogens is 547 g/mol. The van der Waals surface area contributed by atoms with E-state index in [2.05, 4.69) is 20.5 Å². The number of aryl methyl sites for hydroxylation is 1. The summed E-state index contributed by atoms with van der Waals surface area (Å²) < 4.78 is 20.9. The van der Waals surface area contributed by atoms with Gasteiger partial charge in [-0.15, -0.1) is 0 Å². The van der Waals surface area contributed by atoms with Gasteiger partial charge in [-0.2, -0.15) is 0 Å². The Morgan fingerprint density at radius 1 is 1.17 bits per heavy atom. The quantitative estimate of drug-likeness (QED) is 0.275. The molecule has 2 amide bonds. The normalized spacial score (nSPS) is 18.2. The van der Waals surface area contributed by atoms with Gasteiger partial charge in [-0.1, -0.05) is 29.8 Å². The Labute approximate surface area is 243 Å². The molecule has 1 unspecified atom stereocenters. The molecular formula is C30H34ClFN6O3. The van der Waals surface area contributed by atoms with Crippen LogP contribution in [0.25, 0.3) is 5.70 Å². The first-order valence-electron chi connectivity index (χ1n) is 13.2. The minimum atomic E-state index is -0.488. The largest absolute Gasteiger partial charge is 0.398 e. The highest BCUT2D eigenvalue weighted by molar-refractivity contribution is 6.30. The SMILES string of the molecule is COCCN1CC(c2cc(F)cc(Cl)c2)[C@H](NC(=O)NC(=Nc2ccccc2)C(C)=C(N)c2ccc(=O)n(C)c2)C1. The number of urea groups is 1. The van der Waals surface area contributed by atoms with Crippen LogP contribution in [0.15, 0.2) is 82.2 Å². The first-order chi connectivity index (χ1) is 19.6. The summed E-state index contributed by atoms with van der Waals surface area (Å²) in [6.07, 6.45) is 1.63. The van der Waals surface area contributed by atoms with Crippen LogP contribution in [-0.2, 0) is 11.8 Å². The molecule has 1 aliphatic heterocycles. The van der Waals surface area contributed by atoms with E-state index in [4.69, 9.17) is 22.1 Å². The van der Waals surface area contributed by atoms with Gasteiger partial charge in [0.2, 0.25) is 5.56 Å². The molecule has 11 heteroatoms. The van der Waals surface area contributed by atoms with Gasteiger partial charge in [0.05, 0.1) is 18.3 Å². The van der Waals surface area contributed by atoms with E-state index < -0.39 is 11.8 Å². The van der Waals surface area contributed by atoms with Crippen LogP contribution in [-0.4, -0.2) is 60.7 Å². The smallest absolute Gasteiger partial charge is 0.320 e. The molecule has 4 rings (SSSR count). The van der Waals surface area contributed by atoms with E-state index in [9.17, 15) is 14.0 Å². The maximum Gasteiger partial charge on any atom is 0.320 e. The lowest BCUT2D eigenvalue weighted by molar-refractivity contribution is 0.159. The third kappa shape index (κ3) is 7.81. The number of nitrogens with zero attached hydrogens (tertiary/aromatic N) is 3. The third-order valence-corrected chi connectivity index (χ3v) is 7.24. The molecule has 4 N–H and O–H groups in total. The lowest BCUT2D eigenvalue weighted by Crippen LogP contribution is -2.47. The number of hydrogen-bond donors (Lipinski definition) is 3. The first kappa shape index (κ1) is 30.0. The van der Waals surface area contributed by atoms with E-state index >= 15 is 0 Å². The van der Waals surface area contributed by atoms with E-state index in [1.807, 2.05) is 30.3 Å². The second-order valence-electron chi connectivity index (χ2n) is 9.97. The number of carbonyl (C=O) groups excluding carboxylic acids is 1. The van der Waals surface area contributed by atoms with Crippen molar-refractivity contribution >= 4 is 34.9 Å². The number of nitrogens with two attached hydrogens (primary N) is 1. The third-order valence-electron chi connectivity index (χ3n) is 7.02. The van der Waals surface area contributed by atoms with Crippen LogP contribution in [0.4, 0.5) is 14.9 Å². The number of rotatable bonds is 8. The number of aromatic nitrogens is 1. The van der Waals surface area contributed by atoms with Gasteiger partial charge >= 0.3 is 6.03 Å². The number of benzene rings is 2. The summed E-state index contributed by atoms with van der Waals surface area (Å²) in [5, 5.41) is 6.22. The predicted octanol–water partition coefficient (Wildman–Crippen LogP) is 4.01. The monoisotopic (exact) mass is 580 g/mol. The molecule has 0 radical (unpaired) electrons. The lowest BCUT2D eigenvalue weighted by Gasteiger charge is -2.22. The minimum Gasteiger partial charge on any atom is -0.398 e. The van der Waals surface area contributed by atoms with Crippen molar-refractivity contribution in [3.05, 3.63) is 105 Å². The zero-order valence-electron chi connectivity index (χ0n) is 23.2. The summed E-state index contributed by atoms with van der Waals surface area (Å²) in [5.74, 6) is -0.384. The highest BCUT2D eigenvalue weighted by atomic mass is 35.5. The summed E-state index contributed by atoms with van der Waals surface area (Å²) in [6, 6.07) is 15.8. The molecule has 2 aromatic carbocycles. The molecule has 1 aliphatic rings. The molecule has 2 atom stereocenters. The molecule has 1 aromatic heterocycles. The summed E-state index contributed by atoms with van der Waals surface area (Å²) in [7, 11) is 3.27. The Balaban J connectivity index is 1.62. The van der Waals surface area contributed by atoms with Crippen LogP contribution in [0.5, 0.6) is 0 Å². The number of ether oxygens (including phenoxy) is 1. The van der Waals surface area contributed by atoms with Crippen LogP contribution in [0.3, 0.4) is 0 Å². The maximum atomic E-state index is 14.2. The van der Waals surface area contributed by atoms with E-state index in [1.165, 1.54) is 22.8 Å². The fourth-order valence-electron chi connectivity index (χ4n) is 4.81. The summed E-state index contributed by atoms with van der Waals surface area (Å²) >= 11 is 6.16. The highest BCUT2D eigenvalue weighted by Gasteiger charge is 2.35. The van der Waals surface area contributed by atoms with Crippen molar-refractivity contribution in [2.24, 2.45) is 17.8 Å². The number of amidine groups is 1. The average molecular weight is 581 g/mol. The zero-order valence-corrected chi connectivity index (χ0v) is 24.0. The fraction of sp³-hybridized carbons (Fsp3) is 0.300. The van der Waals surface area contributed by atoms with Gasteiger partial charge in [-0.3, -0.25) is 15.0 Å². The molecule has 1 fully saturated rings. The Hall–Kier alpha value is -3.99. The van der Waals surface area contributed by atoms with Gasteiger partial charge in [0.15, 0.2) is 0 Å². The van der Waals surface area contributed by atoms with Crippen molar-refractivity contribution in [2.75, 3.05) is 33.4 Å². The van der Waals surface area contributed by atoms with Crippen molar-refractivity contribution in [1.82, 2.24) is 20.1 Å². The van der Waals surface area contributed by atoms with Gasteiger partial charge in [-0.25, -0.2) is 14.2 Å². The van der Waals surface area contributed by atoms with Crippen LogP contribution >= 0.6 is 11.6 Å². The number of pyridine rings is 1. The Morgan fingerprint density at radius 2 is 1.93 bits per heavy atom. The number of carbonyl (C=O) groups is 1.